The van der Waals surface area contributed by atoms with E-state index in [-0.39, 0.29) is 23.0 Å². The maximum absolute atomic E-state index is 13.9. The first kappa shape index (κ1) is 14.5. The highest BCUT2D eigenvalue weighted by atomic mass is 35.5. The Morgan fingerprint density at radius 2 is 1.82 bits per heavy atom. The average molecular weight is 322 g/mol. The maximum atomic E-state index is 13.9. The number of imidazole rings is 1. The molecule has 112 valence electrons. The molecule has 0 spiro atoms. The zero-order valence-electron chi connectivity index (χ0n) is 11.4. The van der Waals surface area contributed by atoms with E-state index in [0.29, 0.717) is 10.7 Å². The van der Waals surface area contributed by atoms with Gasteiger partial charge in [-0.05, 0) is 18.2 Å². The lowest BCUT2D eigenvalue weighted by Gasteiger charge is -2.08. The first-order chi connectivity index (χ1) is 10.5. The summed E-state index contributed by atoms with van der Waals surface area (Å²) in [5, 5.41) is 9.78. The van der Waals surface area contributed by atoms with Crippen LogP contribution in [0.3, 0.4) is 0 Å². The largest absolute Gasteiger partial charge is 0.493 e. The van der Waals surface area contributed by atoms with E-state index < -0.39 is 11.6 Å². The van der Waals surface area contributed by atoms with Gasteiger partial charge in [0, 0.05) is 13.1 Å². The van der Waals surface area contributed by atoms with Crippen LogP contribution >= 0.6 is 11.6 Å². The molecule has 0 radical (unpaired) electrons. The lowest BCUT2D eigenvalue weighted by molar-refractivity contribution is 0.454. The molecule has 0 aliphatic carbocycles. The number of pyridine rings is 1. The van der Waals surface area contributed by atoms with Gasteiger partial charge in [0.2, 0.25) is 5.88 Å². The van der Waals surface area contributed by atoms with Gasteiger partial charge in [-0.3, -0.25) is 0 Å². The molecule has 2 aromatic heterocycles. The molecule has 2 heterocycles. The van der Waals surface area contributed by atoms with Crippen molar-refractivity contribution >= 4 is 11.6 Å². The highest BCUT2D eigenvalue weighted by Crippen LogP contribution is 2.32. The molecule has 0 saturated heterocycles. The zero-order valence-corrected chi connectivity index (χ0v) is 12.1. The van der Waals surface area contributed by atoms with Crippen molar-refractivity contribution in [3.63, 3.8) is 0 Å². The summed E-state index contributed by atoms with van der Waals surface area (Å²) in [6.07, 6.45) is 1.40. The van der Waals surface area contributed by atoms with Crippen LogP contribution in [0.25, 0.3) is 22.8 Å². The number of hydrogen-bond acceptors (Lipinski definition) is 3. The molecule has 0 fully saturated rings. The van der Waals surface area contributed by atoms with Gasteiger partial charge in [0.1, 0.15) is 23.2 Å². The Bertz CT molecular complexity index is 844. The second-order valence-electron chi connectivity index (χ2n) is 4.62. The van der Waals surface area contributed by atoms with Crippen LogP contribution in [-0.2, 0) is 7.05 Å². The third-order valence-corrected chi connectivity index (χ3v) is 3.55. The van der Waals surface area contributed by atoms with Gasteiger partial charge in [0.15, 0.2) is 0 Å². The Balaban J connectivity index is 2.20. The first-order valence-corrected chi connectivity index (χ1v) is 6.69. The lowest BCUT2D eigenvalue weighted by Crippen LogP contribution is -2.00. The number of benzene rings is 1. The number of halogens is 3. The molecule has 0 amide bonds. The van der Waals surface area contributed by atoms with Crippen LogP contribution in [0.2, 0.25) is 5.02 Å². The molecule has 0 bridgehead atoms. The van der Waals surface area contributed by atoms with Gasteiger partial charge in [-0.2, -0.15) is 0 Å². The summed E-state index contributed by atoms with van der Waals surface area (Å²) >= 11 is 6.06. The zero-order chi connectivity index (χ0) is 15.9. The fourth-order valence-electron chi connectivity index (χ4n) is 2.18. The van der Waals surface area contributed by atoms with Crippen LogP contribution in [0, 0.1) is 11.6 Å². The summed E-state index contributed by atoms with van der Waals surface area (Å²) in [6.45, 7) is 0. The number of hydrogen-bond donors (Lipinski definition) is 1. The van der Waals surface area contributed by atoms with E-state index in [1.807, 2.05) is 0 Å². The van der Waals surface area contributed by atoms with Crippen molar-refractivity contribution in [2.45, 2.75) is 0 Å². The fraction of sp³-hybridized carbons (Fsp3) is 0.0667. The Kier molecular flexibility index (Phi) is 3.54. The Morgan fingerprint density at radius 1 is 1.14 bits per heavy atom. The minimum atomic E-state index is -0.713. The molecule has 0 saturated carbocycles. The molecule has 1 aromatic carbocycles. The van der Waals surface area contributed by atoms with Crippen LogP contribution < -0.4 is 0 Å². The van der Waals surface area contributed by atoms with E-state index in [9.17, 15) is 13.9 Å². The van der Waals surface area contributed by atoms with Crippen LogP contribution in [0.1, 0.15) is 0 Å². The molecular formula is C15H10ClF2N3O. The van der Waals surface area contributed by atoms with E-state index >= 15 is 0 Å². The summed E-state index contributed by atoms with van der Waals surface area (Å²) in [5.41, 5.74) is 0.478. The highest BCUT2D eigenvalue weighted by Gasteiger charge is 2.19. The van der Waals surface area contributed by atoms with Crippen molar-refractivity contribution in [1.82, 2.24) is 14.5 Å². The van der Waals surface area contributed by atoms with Gasteiger partial charge in [-0.25, -0.2) is 18.7 Å². The van der Waals surface area contributed by atoms with Crippen molar-refractivity contribution in [3.05, 3.63) is 53.2 Å². The molecule has 0 atom stereocenters. The summed E-state index contributed by atoms with van der Waals surface area (Å²) in [7, 11) is 1.59. The minimum absolute atomic E-state index is 0.104. The second-order valence-corrected chi connectivity index (χ2v) is 5.03. The predicted molar refractivity (Wildman–Crippen MR) is 78.5 cm³/mol. The van der Waals surface area contributed by atoms with Crippen LogP contribution in [0.4, 0.5) is 8.78 Å². The molecule has 3 rings (SSSR count). The van der Waals surface area contributed by atoms with Crippen LogP contribution in [-0.4, -0.2) is 19.6 Å². The molecule has 0 aliphatic heterocycles. The van der Waals surface area contributed by atoms with Crippen molar-refractivity contribution < 1.29 is 13.9 Å². The average Bonchev–Trinajstić information content (AvgIpc) is 2.83. The predicted octanol–water partition coefficient (Wildman–Crippen LogP) is 3.79. The van der Waals surface area contributed by atoms with Crippen molar-refractivity contribution in [3.8, 4) is 28.7 Å². The Morgan fingerprint density at radius 3 is 2.50 bits per heavy atom. The van der Waals surface area contributed by atoms with Crippen molar-refractivity contribution in [2.24, 2.45) is 7.05 Å². The SMILES string of the molecule is Cn1c(-c2nc(O)ccc2Cl)cnc1-c1c(F)cccc1F. The van der Waals surface area contributed by atoms with E-state index in [0.717, 1.165) is 12.1 Å². The van der Waals surface area contributed by atoms with Crippen molar-refractivity contribution in [1.29, 1.82) is 0 Å². The van der Waals surface area contributed by atoms with Gasteiger partial charge >= 0.3 is 0 Å². The monoisotopic (exact) mass is 321 g/mol. The number of aromatic hydroxyl groups is 1. The molecule has 0 unspecified atom stereocenters. The molecule has 1 N–H and O–H groups in total. The second kappa shape index (κ2) is 5.38. The lowest BCUT2D eigenvalue weighted by atomic mass is 10.2. The Labute approximate surface area is 129 Å². The number of rotatable bonds is 2. The van der Waals surface area contributed by atoms with Gasteiger partial charge < -0.3 is 9.67 Å². The summed E-state index contributed by atoms with van der Waals surface area (Å²) in [5.74, 6) is -1.53. The first-order valence-electron chi connectivity index (χ1n) is 6.31. The number of nitrogens with zero attached hydrogens (tertiary/aromatic N) is 3. The van der Waals surface area contributed by atoms with E-state index in [1.165, 1.54) is 29.0 Å². The van der Waals surface area contributed by atoms with Gasteiger partial charge in [0.05, 0.1) is 22.5 Å². The van der Waals surface area contributed by atoms with Gasteiger partial charge in [-0.1, -0.05) is 17.7 Å². The third kappa shape index (κ3) is 2.31. The Hall–Kier alpha value is -2.47. The topological polar surface area (TPSA) is 50.9 Å². The molecule has 0 aliphatic rings. The van der Waals surface area contributed by atoms with E-state index in [4.69, 9.17) is 11.6 Å². The third-order valence-electron chi connectivity index (χ3n) is 3.25. The fourth-order valence-corrected chi connectivity index (χ4v) is 2.39. The smallest absolute Gasteiger partial charge is 0.211 e. The van der Waals surface area contributed by atoms with Crippen LogP contribution in [0.15, 0.2) is 36.5 Å². The summed E-state index contributed by atoms with van der Waals surface area (Å²) in [4.78, 5) is 7.99. The molecular weight excluding hydrogens is 312 g/mol. The van der Waals surface area contributed by atoms with Crippen LogP contribution in [0.5, 0.6) is 5.88 Å². The number of aromatic nitrogens is 3. The molecule has 22 heavy (non-hydrogen) atoms. The molecule has 4 nitrogen and oxygen atoms in total. The molecule has 3 aromatic rings. The van der Waals surface area contributed by atoms with Gasteiger partial charge in [-0.15, -0.1) is 0 Å². The van der Waals surface area contributed by atoms with Crippen molar-refractivity contribution in [2.75, 3.05) is 0 Å². The normalized spacial score (nSPS) is 10.9. The highest BCUT2D eigenvalue weighted by molar-refractivity contribution is 6.33. The maximum Gasteiger partial charge on any atom is 0.211 e. The summed E-state index contributed by atoms with van der Waals surface area (Å²) < 4.78 is 29.3. The van der Waals surface area contributed by atoms with E-state index in [2.05, 4.69) is 9.97 Å². The standard InChI is InChI=1S/C15H10ClF2N3O/c1-21-11(14-8(16)5-6-12(22)20-14)7-19-15(21)13-9(17)3-2-4-10(13)18/h2-7H,1H3,(H,20,22). The minimum Gasteiger partial charge on any atom is -0.493 e. The quantitative estimate of drug-likeness (QED) is 0.781. The molecule has 7 heteroatoms. The van der Waals surface area contributed by atoms with Gasteiger partial charge in [0.25, 0.3) is 0 Å². The van der Waals surface area contributed by atoms with E-state index in [1.54, 1.807) is 7.05 Å². The summed E-state index contributed by atoms with van der Waals surface area (Å²) in [6, 6.07) is 6.43.